The molecule has 1 aromatic carbocycles. The second-order valence-electron chi connectivity index (χ2n) is 17.4. The van der Waals surface area contributed by atoms with E-state index < -0.39 is 5.97 Å². The number of hydrogen-bond acceptors (Lipinski definition) is 10. The Balaban J connectivity index is 1.15. The predicted octanol–water partition coefficient (Wildman–Crippen LogP) is 8.81. The van der Waals surface area contributed by atoms with Crippen LogP contribution in [-0.4, -0.2) is 63.0 Å². The molecule has 302 valence electrons. The Kier molecular flexibility index (Phi) is 10.7. The molecule has 2 saturated carbocycles. The number of fused-ring (bicyclic) bond motifs is 3. The molecule has 1 aliphatic heterocycles. The van der Waals surface area contributed by atoms with Crippen LogP contribution in [0.3, 0.4) is 0 Å². The second-order valence-corrected chi connectivity index (χ2v) is 18.4. The van der Waals surface area contributed by atoms with Crippen LogP contribution in [0.1, 0.15) is 114 Å². The van der Waals surface area contributed by atoms with Gasteiger partial charge < -0.3 is 14.7 Å². The van der Waals surface area contributed by atoms with Crippen molar-refractivity contribution >= 4 is 46.3 Å². The maximum absolute atomic E-state index is 13.7. The number of aromatic carboxylic acids is 1. The minimum atomic E-state index is -1.12. The van der Waals surface area contributed by atoms with E-state index in [9.17, 15) is 14.7 Å². The van der Waals surface area contributed by atoms with Crippen molar-refractivity contribution in [1.29, 1.82) is 0 Å². The molecular weight excluding hydrogens is 739 g/mol. The van der Waals surface area contributed by atoms with Crippen LogP contribution in [0, 0.1) is 23.2 Å². The van der Waals surface area contributed by atoms with Gasteiger partial charge in [0.15, 0.2) is 10.8 Å². The van der Waals surface area contributed by atoms with E-state index in [1.54, 1.807) is 31.5 Å². The Hall–Kier alpha value is -4.85. The van der Waals surface area contributed by atoms with Crippen LogP contribution in [0.2, 0.25) is 0 Å². The molecule has 0 spiro atoms. The second kappa shape index (κ2) is 15.1. The van der Waals surface area contributed by atoms with Crippen molar-refractivity contribution in [2.75, 3.05) is 30.9 Å². The van der Waals surface area contributed by atoms with Gasteiger partial charge in [-0.25, -0.2) is 20.2 Å². The standard InChI is InChI=1S/C44H55N7O5S/c1-10-33-35(11-2)57-40(47-33)49-38(52)30-13-15-34(55-9)28-17-18-50(20-32(28)30)36-16-14-29(37(48-36)39(53)54)31-19-46-51(27(31)4)26-43(7)22-42(6)21-41(5,12-3)23-44(24-42,25-43)56-45-8/h10-11,13-16,19,45H,1-2,12,17-18,20-26H2,3-9H3,(H,53,54)(H,47,49,52). The number of aromatic nitrogens is 4. The Labute approximate surface area is 339 Å². The highest BCUT2D eigenvalue weighted by Crippen LogP contribution is 2.64. The molecule has 13 heteroatoms. The molecule has 3 aromatic heterocycles. The molecule has 4 heterocycles. The van der Waals surface area contributed by atoms with Gasteiger partial charge in [0.25, 0.3) is 5.91 Å². The summed E-state index contributed by atoms with van der Waals surface area (Å²) >= 11 is 1.32. The lowest BCUT2D eigenvalue weighted by Gasteiger charge is -2.61. The molecule has 4 atom stereocenters. The first-order valence-corrected chi connectivity index (χ1v) is 20.5. The molecule has 7 rings (SSSR count). The van der Waals surface area contributed by atoms with Crippen LogP contribution in [0.15, 0.2) is 43.6 Å². The van der Waals surface area contributed by atoms with Gasteiger partial charge in [0.1, 0.15) is 11.6 Å². The summed E-state index contributed by atoms with van der Waals surface area (Å²) in [5, 5.41) is 18.8. The van der Waals surface area contributed by atoms with Gasteiger partial charge in [0.05, 0.1) is 29.5 Å². The van der Waals surface area contributed by atoms with Crippen molar-refractivity contribution in [2.24, 2.45) is 16.2 Å². The highest BCUT2D eigenvalue weighted by molar-refractivity contribution is 7.16. The van der Waals surface area contributed by atoms with E-state index in [1.165, 1.54) is 11.3 Å². The SMILES string of the molecule is C=Cc1nc(NC(=O)c2ccc(OC)c3c2CN(c2ccc(-c4cnn(CC5(C)CC6(C)CC(C)(CC)CC(ONC)(C5)C6)c4C)c(C(=O)O)n2)CC3)sc1C=C. The fourth-order valence-electron chi connectivity index (χ4n) is 10.9. The third-order valence-electron chi connectivity index (χ3n) is 12.6. The molecule has 1 amide bonds. The lowest BCUT2D eigenvalue weighted by atomic mass is 9.47. The van der Waals surface area contributed by atoms with Crippen molar-refractivity contribution in [3.8, 4) is 16.9 Å². The van der Waals surface area contributed by atoms with Crippen molar-refractivity contribution in [3.05, 3.63) is 82.3 Å². The zero-order chi connectivity index (χ0) is 40.9. The average molecular weight is 794 g/mol. The number of carbonyl (C=O) groups is 2. The summed E-state index contributed by atoms with van der Waals surface area (Å²) in [4.78, 5) is 45.1. The van der Waals surface area contributed by atoms with Gasteiger partial charge in [-0.3, -0.25) is 19.6 Å². The van der Waals surface area contributed by atoms with E-state index in [0.29, 0.717) is 59.6 Å². The van der Waals surface area contributed by atoms with Crippen LogP contribution in [0.4, 0.5) is 10.9 Å². The molecule has 2 aliphatic carbocycles. The number of pyridine rings is 1. The number of benzene rings is 1. The summed E-state index contributed by atoms with van der Waals surface area (Å²) in [6.07, 6.45) is 12.0. The Morgan fingerprint density at radius 1 is 1.00 bits per heavy atom. The molecule has 3 N–H and O–H groups in total. The van der Waals surface area contributed by atoms with E-state index >= 15 is 0 Å². The lowest BCUT2D eigenvalue weighted by Crippen LogP contribution is -2.58. The average Bonchev–Trinajstić information content (AvgIpc) is 3.73. The van der Waals surface area contributed by atoms with Crippen molar-refractivity contribution in [1.82, 2.24) is 25.2 Å². The van der Waals surface area contributed by atoms with Gasteiger partial charge in [0.2, 0.25) is 0 Å². The number of carboxylic acid groups (broad SMARTS) is 1. The summed E-state index contributed by atoms with van der Waals surface area (Å²) in [6.45, 7) is 20.7. The zero-order valence-electron chi connectivity index (χ0n) is 34.3. The maximum atomic E-state index is 13.7. The molecule has 12 nitrogen and oxygen atoms in total. The van der Waals surface area contributed by atoms with Gasteiger partial charge in [-0.2, -0.15) is 5.10 Å². The molecule has 0 radical (unpaired) electrons. The fraction of sp³-hybridized carbons (Fsp3) is 0.477. The Morgan fingerprint density at radius 2 is 1.75 bits per heavy atom. The van der Waals surface area contributed by atoms with Crippen LogP contribution >= 0.6 is 11.3 Å². The third-order valence-corrected chi connectivity index (χ3v) is 13.6. The molecule has 4 aromatic rings. The van der Waals surface area contributed by atoms with E-state index in [4.69, 9.17) is 19.7 Å². The topological polar surface area (TPSA) is 144 Å². The molecule has 3 aliphatic rings. The van der Waals surface area contributed by atoms with Gasteiger partial charge >= 0.3 is 5.97 Å². The number of nitrogens with one attached hydrogen (secondary N) is 2. The Bertz CT molecular complexity index is 2220. The number of hydroxylamine groups is 1. The minimum absolute atomic E-state index is 0.0458. The number of amides is 1. The molecule has 2 bridgehead atoms. The summed E-state index contributed by atoms with van der Waals surface area (Å²) in [6, 6.07) is 7.26. The largest absolute Gasteiger partial charge is 0.496 e. The van der Waals surface area contributed by atoms with Crippen molar-refractivity contribution in [2.45, 2.75) is 98.3 Å². The van der Waals surface area contributed by atoms with E-state index in [2.05, 4.69) is 56.6 Å². The molecule has 4 unspecified atom stereocenters. The number of carbonyl (C=O) groups excluding carboxylic acids is 1. The molecule has 2 fully saturated rings. The van der Waals surface area contributed by atoms with Gasteiger partial charge in [0, 0.05) is 54.6 Å². The van der Waals surface area contributed by atoms with E-state index in [0.717, 1.165) is 65.8 Å². The number of ether oxygens (including phenoxy) is 1. The predicted molar refractivity (Wildman–Crippen MR) is 226 cm³/mol. The van der Waals surface area contributed by atoms with Gasteiger partial charge in [-0.1, -0.05) is 58.6 Å². The van der Waals surface area contributed by atoms with Gasteiger partial charge in [-0.05, 0) is 104 Å². The highest BCUT2D eigenvalue weighted by Gasteiger charge is 2.59. The first-order valence-electron chi connectivity index (χ1n) is 19.7. The molecular formula is C44H55N7O5S. The maximum Gasteiger partial charge on any atom is 0.355 e. The van der Waals surface area contributed by atoms with Gasteiger partial charge in [-0.15, -0.1) is 0 Å². The molecule has 0 saturated heterocycles. The monoisotopic (exact) mass is 793 g/mol. The highest BCUT2D eigenvalue weighted by atomic mass is 32.1. The number of anilines is 2. The van der Waals surface area contributed by atoms with Crippen molar-refractivity contribution < 1.29 is 24.3 Å². The van der Waals surface area contributed by atoms with Crippen LogP contribution < -0.4 is 20.4 Å². The number of carboxylic acids is 1. The van der Waals surface area contributed by atoms with Crippen LogP contribution in [-0.2, 0) is 24.3 Å². The van der Waals surface area contributed by atoms with Crippen LogP contribution in [0.5, 0.6) is 5.75 Å². The quantitative estimate of drug-likeness (QED) is 0.112. The number of hydrogen-bond donors (Lipinski definition) is 3. The lowest BCUT2D eigenvalue weighted by molar-refractivity contribution is -0.220. The van der Waals surface area contributed by atoms with E-state index in [1.807, 2.05) is 41.8 Å². The number of nitrogens with zero attached hydrogens (tertiary/aromatic N) is 5. The number of methoxy groups -OCH3 is 1. The summed E-state index contributed by atoms with van der Waals surface area (Å²) in [5.41, 5.74) is 8.03. The minimum Gasteiger partial charge on any atom is -0.496 e. The zero-order valence-corrected chi connectivity index (χ0v) is 35.1. The number of thiazole rings is 1. The summed E-state index contributed by atoms with van der Waals surface area (Å²) < 4.78 is 7.73. The summed E-state index contributed by atoms with van der Waals surface area (Å²) in [7, 11) is 3.48. The first kappa shape index (κ1) is 40.4. The fourth-order valence-corrected chi connectivity index (χ4v) is 11.7. The first-order chi connectivity index (χ1) is 27.1. The Morgan fingerprint density at radius 3 is 2.42 bits per heavy atom. The van der Waals surface area contributed by atoms with Crippen molar-refractivity contribution in [3.63, 3.8) is 0 Å². The summed E-state index contributed by atoms with van der Waals surface area (Å²) in [5.74, 6) is -0.217. The smallest absolute Gasteiger partial charge is 0.355 e. The molecule has 57 heavy (non-hydrogen) atoms. The van der Waals surface area contributed by atoms with Crippen LogP contribution in [0.25, 0.3) is 23.3 Å². The number of rotatable bonds is 13. The van der Waals surface area contributed by atoms with E-state index in [-0.39, 0.29) is 33.4 Å². The third kappa shape index (κ3) is 7.64. The normalized spacial score (nSPS) is 25.4.